The number of nitrogens with zero attached hydrogens (tertiary/aromatic N) is 2. The molecule has 29 heavy (non-hydrogen) atoms. The van der Waals surface area contributed by atoms with E-state index in [0.717, 1.165) is 11.2 Å². The molecule has 0 aliphatic carbocycles. The van der Waals surface area contributed by atoms with Gasteiger partial charge in [-0.15, -0.1) is 0 Å². The Labute approximate surface area is 169 Å². The van der Waals surface area contributed by atoms with Gasteiger partial charge in [0.2, 0.25) is 0 Å². The van der Waals surface area contributed by atoms with Crippen LogP contribution in [0.15, 0.2) is 42.5 Å². The van der Waals surface area contributed by atoms with Crippen LogP contribution in [0.25, 0.3) is 16.6 Å². The maximum Gasteiger partial charge on any atom is 0.516 e. The quantitative estimate of drug-likeness (QED) is 0.518. The smallest absolute Gasteiger partial charge is 0.508 e. The molecule has 152 valence electrons. The van der Waals surface area contributed by atoms with Gasteiger partial charge < -0.3 is 24.0 Å². The number of esters is 1. The van der Waals surface area contributed by atoms with Crippen molar-refractivity contribution in [3.63, 3.8) is 0 Å². The topological polar surface area (TPSA) is 81.0 Å². The van der Waals surface area contributed by atoms with Crippen molar-refractivity contribution in [2.75, 3.05) is 20.7 Å². The van der Waals surface area contributed by atoms with Crippen LogP contribution in [0.4, 0.5) is 4.79 Å². The molecule has 0 spiro atoms. The lowest BCUT2D eigenvalue weighted by Crippen LogP contribution is -2.16. The maximum atomic E-state index is 12.9. The lowest BCUT2D eigenvalue weighted by Gasteiger charge is -2.14. The van der Waals surface area contributed by atoms with E-state index in [-0.39, 0.29) is 17.9 Å². The number of carbonyl (C=O) groups excluding carboxylic acids is 2. The highest BCUT2D eigenvalue weighted by molar-refractivity contribution is 6.10. The van der Waals surface area contributed by atoms with Gasteiger partial charge in [0.1, 0.15) is 5.75 Å². The molecule has 0 aliphatic heterocycles. The summed E-state index contributed by atoms with van der Waals surface area (Å²) in [4.78, 5) is 26.6. The first kappa shape index (κ1) is 20.4. The first-order valence-corrected chi connectivity index (χ1v) is 9.30. The van der Waals surface area contributed by atoms with Crippen molar-refractivity contribution >= 4 is 23.0 Å². The van der Waals surface area contributed by atoms with E-state index < -0.39 is 12.1 Å². The van der Waals surface area contributed by atoms with Crippen LogP contribution in [0.2, 0.25) is 0 Å². The van der Waals surface area contributed by atoms with Gasteiger partial charge in [0.05, 0.1) is 17.7 Å². The molecule has 0 amide bonds. The Morgan fingerprint density at radius 3 is 2.41 bits per heavy atom. The summed E-state index contributed by atoms with van der Waals surface area (Å²) in [5.41, 5.74) is 3.00. The Hall–Kier alpha value is -3.32. The maximum absolute atomic E-state index is 12.9. The Balaban J connectivity index is 2.30. The van der Waals surface area contributed by atoms with Gasteiger partial charge >= 0.3 is 12.1 Å². The normalized spacial score (nSPS) is 11.1. The van der Waals surface area contributed by atoms with E-state index >= 15 is 0 Å². The zero-order valence-corrected chi connectivity index (χ0v) is 16.9. The van der Waals surface area contributed by atoms with Crippen LogP contribution >= 0.6 is 0 Å². The molecule has 0 saturated heterocycles. The summed E-state index contributed by atoms with van der Waals surface area (Å²) in [6, 6.07) is 12.9. The average Bonchev–Trinajstić information content (AvgIpc) is 2.97. The summed E-state index contributed by atoms with van der Waals surface area (Å²) in [6.07, 6.45) is -1.05. The molecule has 3 rings (SSSR count). The largest absolute Gasteiger partial charge is 0.516 e. The number of benzene rings is 2. The molecule has 1 heterocycles. The predicted octanol–water partition coefficient (Wildman–Crippen LogP) is 4.02. The summed E-state index contributed by atoms with van der Waals surface area (Å²) in [7, 11) is 3.74. The number of aromatic nitrogens is 1. The molecule has 7 nitrogen and oxygen atoms in total. The number of aromatic hydroxyl groups is 1. The second-order valence-corrected chi connectivity index (χ2v) is 6.90. The van der Waals surface area contributed by atoms with Crippen molar-refractivity contribution in [2.24, 2.45) is 0 Å². The third kappa shape index (κ3) is 3.95. The number of ether oxygens (including phenoxy) is 2. The van der Waals surface area contributed by atoms with Crippen LogP contribution in [0.5, 0.6) is 5.75 Å². The van der Waals surface area contributed by atoms with Gasteiger partial charge in [0, 0.05) is 28.9 Å². The molecule has 0 bridgehead atoms. The summed E-state index contributed by atoms with van der Waals surface area (Å²) >= 11 is 0. The van der Waals surface area contributed by atoms with E-state index in [2.05, 4.69) is 0 Å². The van der Waals surface area contributed by atoms with Crippen LogP contribution in [-0.4, -0.2) is 47.4 Å². The van der Waals surface area contributed by atoms with Gasteiger partial charge in [-0.05, 0) is 52.2 Å². The fraction of sp³-hybridized carbons (Fsp3) is 0.273. The van der Waals surface area contributed by atoms with Crippen molar-refractivity contribution in [2.45, 2.75) is 20.4 Å². The van der Waals surface area contributed by atoms with E-state index in [1.54, 1.807) is 26.0 Å². The SMILES string of the molecule is CCOC(=O)OC(=O)c1c(C)n(-c2ccccc2)c2ccc(O)c(CN(C)C)c12. The van der Waals surface area contributed by atoms with Gasteiger partial charge in [-0.3, -0.25) is 0 Å². The second-order valence-electron chi connectivity index (χ2n) is 6.90. The van der Waals surface area contributed by atoms with Crippen LogP contribution < -0.4 is 0 Å². The van der Waals surface area contributed by atoms with E-state index in [1.807, 2.05) is 53.9 Å². The number of carbonyl (C=O) groups is 2. The van der Waals surface area contributed by atoms with Crippen molar-refractivity contribution < 1.29 is 24.2 Å². The number of fused-ring (bicyclic) bond motifs is 1. The molecule has 0 saturated carbocycles. The van der Waals surface area contributed by atoms with Gasteiger partial charge in [0.25, 0.3) is 0 Å². The zero-order chi connectivity index (χ0) is 21.1. The molecule has 2 aromatic carbocycles. The first-order valence-electron chi connectivity index (χ1n) is 9.30. The number of hydrogen-bond acceptors (Lipinski definition) is 6. The van der Waals surface area contributed by atoms with Crippen molar-refractivity contribution in [3.8, 4) is 11.4 Å². The van der Waals surface area contributed by atoms with E-state index in [9.17, 15) is 14.7 Å². The number of para-hydroxylation sites is 1. The number of phenols is 1. The van der Waals surface area contributed by atoms with Crippen LogP contribution in [0.1, 0.15) is 28.5 Å². The van der Waals surface area contributed by atoms with E-state index in [1.165, 1.54) is 0 Å². The highest BCUT2D eigenvalue weighted by Gasteiger charge is 2.27. The Morgan fingerprint density at radius 2 is 1.79 bits per heavy atom. The lowest BCUT2D eigenvalue weighted by molar-refractivity contribution is 0.0402. The van der Waals surface area contributed by atoms with Crippen LogP contribution in [0, 0.1) is 6.92 Å². The van der Waals surface area contributed by atoms with Gasteiger partial charge in [-0.1, -0.05) is 18.2 Å². The molecular weight excluding hydrogens is 372 g/mol. The van der Waals surface area contributed by atoms with Gasteiger partial charge in [-0.25, -0.2) is 9.59 Å². The minimum Gasteiger partial charge on any atom is -0.508 e. The average molecular weight is 396 g/mol. The Bertz CT molecular complexity index is 1050. The summed E-state index contributed by atoms with van der Waals surface area (Å²) < 4.78 is 11.6. The number of hydrogen-bond donors (Lipinski definition) is 1. The monoisotopic (exact) mass is 396 g/mol. The molecule has 3 aromatic rings. The molecule has 0 unspecified atom stereocenters. The lowest BCUT2D eigenvalue weighted by atomic mass is 10.0. The van der Waals surface area contributed by atoms with Crippen molar-refractivity contribution in [1.82, 2.24) is 9.47 Å². The molecule has 0 radical (unpaired) electrons. The fourth-order valence-corrected chi connectivity index (χ4v) is 3.47. The standard InChI is InChI=1S/C22H24N2O5/c1-5-28-22(27)29-21(26)19-14(2)24(15-9-7-6-8-10-15)17-11-12-18(25)16(20(17)19)13-23(3)4/h6-12,25H,5,13H2,1-4H3. The molecule has 0 aliphatic rings. The highest BCUT2D eigenvalue weighted by atomic mass is 16.7. The zero-order valence-electron chi connectivity index (χ0n) is 16.9. The van der Waals surface area contributed by atoms with Gasteiger partial charge in [-0.2, -0.15) is 0 Å². The van der Waals surface area contributed by atoms with Crippen molar-refractivity contribution in [1.29, 1.82) is 0 Å². The number of rotatable bonds is 5. The minimum atomic E-state index is -1.05. The molecule has 1 N–H and O–H groups in total. The van der Waals surface area contributed by atoms with Crippen LogP contribution in [0.3, 0.4) is 0 Å². The third-order valence-corrected chi connectivity index (χ3v) is 4.59. The highest BCUT2D eigenvalue weighted by Crippen LogP contribution is 2.36. The van der Waals surface area contributed by atoms with E-state index in [0.29, 0.717) is 23.2 Å². The third-order valence-electron chi connectivity index (χ3n) is 4.59. The summed E-state index contributed by atoms with van der Waals surface area (Å²) in [5.74, 6) is -0.743. The first-order chi connectivity index (χ1) is 13.8. The van der Waals surface area contributed by atoms with E-state index in [4.69, 9.17) is 9.47 Å². The second kappa shape index (κ2) is 8.36. The predicted molar refractivity (Wildman–Crippen MR) is 110 cm³/mol. The Kier molecular flexibility index (Phi) is 5.89. The summed E-state index contributed by atoms with van der Waals surface area (Å²) in [5, 5.41) is 11.1. The van der Waals surface area contributed by atoms with Gasteiger partial charge in [0.15, 0.2) is 0 Å². The molecular formula is C22H24N2O5. The van der Waals surface area contributed by atoms with Crippen molar-refractivity contribution in [3.05, 3.63) is 59.3 Å². The number of phenolic OH excluding ortho intramolecular Hbond substituents is 1. The fourth-order valence-electron chi connectivity index (χ4n) is 3.47. The Morgan fingerprint density at radius 1 is 1.10 bits per heavy atom. The molecule has 7 heteroatoms. The molecule has 0 fully saturated rings. The minimum absolute atomic E-state index is 0.0709. The van der Waals surface area contributed by atoms with Crippen LogP contribution in [-0.2, 0) is 16.0 Å². The molecule has 1 aromatic heterocycles. The summed E-state index contributed by atoms with van der Waals surface area (Å²) in [6.45, 7) is 3.92. The molecule has 0 atom stereocenters.